The van der Waals surface area contributed by atoms with Crippen molar-refractivity contribution in [1.29, 1.82) is 0 Å². The molecule has 2 fully saturated rings. The Morgan fingerprint density at radius 1 is 0.889 bits per heavy atom. The van der Waals surface area contributed by atoms with E-state index in [4.69, 9.17) is 4.74 Å². The number of hydrogen-bond donors (Lipinski definition) is 1. The third kappa shape index (κ3) is 6.31. The van der Waals surface area contributed by atoms with E-state index in [2.05, 4.69) is 10.2 Å². The van der Waals surface area contributed by atoms with Gasteiger partial charge in [0.05, 0.1) is 23.9 Å². The number of benzene rings is 2. The van der Waals surface area contributed by atoms with Gasteiger partial charge < -0.3 is 10.1 Å². The SMILES string of the molecule is CCS(=O)(=O)N1CCN(Cc2cccc(C(=O)Nc3ccc(S(=O)(=O)N4CCOCC4)cc3)c2)CC1. The minimum atomic E-state index is -3.59. The quantitative estimate of drug-likeness (QED) is 0.543. The van der Waals surface area contributed by atoms with Gasteiger partial charge in [0.2, 0.25) is 20.0 Å². The lowest BCUT2D eigenvalue weighted by atomic mass is 10.1. The van der Waals surface area contributed by atoms with Crippen LogP contribution in [0.2, 0.25) is 0 Å². The smallest absolute Gasteiger partial charge is 0.255 e. The Bertz CT molecular complexity index is 1270. The van der Waals surface area contributed by atoms with Crippen molar-refractivity contribution in [2.45, 2.75) is 18.4 Å². The molecule has 0 bridgehead atoms. The number of nitrogens with one attached hydrogen (secondary N) is 1. The largest absolute Gasteiger partial charge is 0.379 e. The molecular weight excluding hydrogens is 504 g/mol. The highest BCUT2D eigenvalue weighted by Gasteiger charge is 2.27. The highest BCUT2D eigenvalue weighted by Crippen LogP contribution is 2.20. The first-order valence-corrected chi connectivity index (χ1v) is 15.0. The van der Waals surface area contributed by atoms with Crippen LogP contribution >= 0.6 is 0 Å². The third-order valence-corrected chi connectivity index (χ3v) is 10.2. The first-order valence-electron chi connectivity index (χ1n) is 12.0. The van der Waals surface area contributed by atoms with E-state index in [9.17, 15) is 21.6 Å². The van der Waals surface area contributed by atoms with Gasteiger partial charge in [-0.25, -0.2) is 16.8 Å². The van der Waals surface area contributed by atoms with Crippen LogP contribution in [0.1, 0.15) is 22.8 Å². The molecule has 2 saturated heterocycles. The Balaban J connectivity index is 1.35. The van der Waals surface area contributed by atoms with Crippen molar-refractivity contribution in [2.75, 3.05) is 63.6 Å². The molecule has 36 heavy (non-hydrogen) atoms. The second-order valence-corrected chi connectivity index (χ2v) is 13.0. The zero-order valence-electron chi connectivity index (χ0n) is 20.3. The molecule has 0 atom stereocenters. The van der Waals surface area contributed by atoms with Gasteiger partial charge in [-0.1, -0.05) is 12.1 Å². The summed E-state index contributed by atoms with van der Waals surface area (Å²) in [5, 5.41) is 2.82. The molecule has 2 aliphatic rings. The molecule has 4 rings (SSSR count). The lowest BCUT2D eigenvalue weighted by Gasteiger charge is -2.33. The van der Waals surface area contributed by atoms with Gasteiger partial charge in [0.15, 0.2) is 0 Å². The number of ether oxygens (including phenoxy) is 1. The van der Waals surface area contributed by atoms with Gasteiger partial charge in [0.25, 0.3) is 5.91 Å². The number of morpholine rings is 1. The second kappa shape index (κ2) is 11.4. The lowest BCUT2D eigenvalue weighted by molar-refractivity contribution is 0.0730. The average Bonchev–Trinajstić information content (AvgIpc) is 2.90. The first-order chi connectivity index (χ1) is 17.2. The third-order valence-electron chi connectivity index (χ3n) is 6.40. The lowest BCUT2D eigenvalue weighted by Crippen LogP contribution is -2.48. The molecule has 2 heterocycles. The van der Waals surface area contributed by atoms with Crippen molar-refractivity contribution >= 4 is 31.6 Å². The van der Waals surface area contributed by atoms with E-state index in [1.165, 1.54) is 20.7 Å². The van der Waals surface area contributed by atoms with Gasteiger partial charge in [-0.05, 0) is 48.9 Å². The highest BCUT2D eigenvalue weighted by atomic mass is 32.2. The normalized spacial score (nSPS) is 18.7. The van der Waals surface area contributed by atoms with E-state index in [1.807, 2.05) is 18.2 Å². The van der Waals surface area contributed by atoms with Crippen LogP contribution in [-0.4, -0.2) is 94.5 Å². The van der Waals surface area contributed by atoms with Gasteiger partial charge >= 0.3 is 0 Å². The maximum Gasteiger partial charge on any atom is 0.255 e. The summed E-state index contributed by atoms with van der Waals surface area (Å²) in [5.74, 6) is -0.184. The van der Waals surface area contributed by atoms with Crippen LogP contribution in [0.15, 0.2) is 53.4 Å². The Morgan fingerprint density at radius 3 is 2.19 bits per heavy atom. The van der Waals surface area contributed by atoms with Gasteiger partial charge in [0, 0.05) is 57.1 Å². The number of rotatable bonds is 8. The minimum absolute atomic E-state index is 0.108. The molecule has 2 aliphatic heterocycles. The molecule has 0 aliphatic carbocycles. The van der Waals surface area contributed by atoms with Crippen molar-refractivity contribution in [3.05, 3.63) is 59.7 Å². The van der Waals surface area contributed by atoms with Crippen molar-refractivity contribution in [3.63, 3.8) is 0 Å². The summed E-state index contributed by atoms with van der Waals surface area (Å²) in [4.78, 5) is 15.2. The number of sulfonamides is 2. The molecule has 0 aromatic heterocycles. The first kappa shape index (κ1) is 26.7. The van der Waals surface area contributed by atoms with E-state index in [0.717, 1.165) is 5.56 Å². The van der Waals surface area contributed by atoms with Crippen LogP contribution < -0.4 is 5.32 Å². The van der Waals surface area contributed by atoms with Gasteiger partial charge in [-0.15, -0.1) is 0 Å². The number of hydrogen-bond acceptors (Lipinski definition) is 7. The molecule has 10 nitrogen and oxygen atoms in total. The monoisotopic (exact) mass is 536 g/mol. The van der Waals surface area contributed by atoms with Gasteiger partial charge in [0.1, 0.15) is 0 Å². The van der Waals surface area contributed by atoms with Gasteiger partial charge in [-0.2, -0.15) is 8.61 Å². The highest BCUT2D eigenvalue weighted by molar-refractivity contribution is 7.89. The summed E-state index contributed by atoms with van der Waals surface area (Å²) in [6.07, 6.45) is 0. The Kier molecular flexibility index (Phi) is 8.43. The van der Waals surface area contributed by atoms with Crippen LogP contribution in [-0.2, 0) is 31.3 Å². The van der Waals surface area contributed by atoms with E-state index in [1.54, 1.807) is 25.1 Å². The Labute approximate surface area is 212 Å². The maximum absolute atomic E-state index is 12.8. The van der Waals surface area contributed by atoms with Crippen LogP contribution in [0.25, 0.3) is 0 Å². The fourth-order valence-electron chi connectivity index (χ4n) is 4.27. The van der Waals surface area contributed by atoms with E-state index in [-0.39, 0.29) is 16.6 Å². The summed E-state index contributed by atoms with van der Waals surface area (Å²) in [6.45, 7) is 5.88. The molecule has 2 aromatic rings. The number of anilines is 1. The number of amides is 1. The predicted molar refractivity (Wildman–Crippen MR) is 137 cm³/mol. The van der Waals surface area contributed by atoms with E-state index in [0.29, 0.717) is 70.3 Å². The molecule has 0 saturated carbocycles. The van der Waals surface area contributed by atoms with E-state index >= 15 is 0 Å². The molecule has 0 spiro atoms. The van der Waals surface area contributed by atoms with Crippen molar-refractivity contribution in [1.82, 2.24) is 13.5 Å². The molecule has 1 N–H and O–H groups in total. The summed E-state index contributed by atoms with van der Waals surface area (Å²) >= 11 is 0. The molecular formula is C24H32N4O6S2. The van der Waals surface area contributed by atoms with Crippen LogP contribution in [0.5, 0.6) is 0 Å². The van der Waals surface area contributed by atoms with Crippen molar-refractivity contribution in [2.24, 2.45) is 0 Å². The zero-order valence-corrected chi connectivity index (χ0v) is 21.9. The second-order valence-electron chi connectivity index (χ2n) is 8.77. The minimum Gasteiger partial charge on any atom is -0.379 e. The average molecular weight is 537 g/mol. The number of piperazine rings is 1. The van der Waals surface area contributed by atoms with Crippen LogP contribution in [0.3, 0.4) is 0 Å². The number of nitrogens with zero attached hydrogens (tertiary/aromatic N) is 3. The summed E-state index contributed by atoms with van der Waals surface area (Å²) in [7, 11) is -6.76. The summed E-state index contributed by atoms with van der Waals surface area (Å²) in [6, 6.07) is 13.5. The molecule has 12 heteroatoms. The Hall–Kier alpha value is -2.35. The van der Waals surface area contributed by atoms with Crippen molar-refractivity contribution < 1.29 is 26.4 Å². The van der Waals surface area contributed by atoms with E-state index < -0.39 is 20.0 Å². The molecule has 0 radical (unpaired) electrons. The van der Waals surface area contributed by atoms with Gasteiger partial charge in [-0.3, -0.25) is 9.69 Å². The standard InChI is InChI=1S/C24H32N4O6S2/c1-2-35(30,31)27-12-10-26(11-13-27)19-20-4-3-5-21(18-20)24(29)25-22-6-8-23(9-7-22)36(32,33)28-14-16-34-17-15-28/h3-9,18H,2,10-17,19H2,1H3,(H,25,29). The predicted octanol–water partition coefficient (Wildman–Crippen LogP) is 1.43. The molecule has 196 valence electrons. The Morgan fingerprint density at radius 2 is 1.56 bits per heavy atom. The van der Waals surface area contributed by atoms with Crippen LogP contribution in [0.4, 0.5) is 5.69 Å². The molecule has 1 amide bonds. The summed E-state index contributed by atoms with van der Waals surface area (Å²) < 4.78 is 57.8. The summed E-state index contributed by atoms with van der Waals surface area (Å²) in [5.41, 5.74) is 1.95. The topological polar surface area (TPSA) is 116 Å². The number of carbonyl (C=O) groups excluding carboxylic acids is 1. The fourth-order valence-corrected chi connectivity index (χ4v) is 6.76. The zero-order chi connectivity index (χ0) is 25.8. The number of carbonyl (C=O) groups is 1. The fraction of sp³-hybridized carbons (Fsp3) is 0.458. The van der Waals surface area contributed by atoms with Crippen molar-refractivity contribution in [3.8, 4) is 0 Å². The molecule has 2 aromatic carbocycles. The maximum atomic E-state index is 12.8. The molecule has 0 unspecified atom stereocenters. The van der Waals surface area contributed by atoms with Crippen LogP contribution in [0, 0.1) is 0 Å².